The second-order valence-corrected chi connectivity index (χ2v) is 13.0. The number of ketones is 1. The Morgan fingerprint density at radius 1 is 1.03 bits per heavy atom. The van der Waals surface area contributed by atoms with Crippen LogP contribution < -0.4 is 0 Å². The highest BCUT2D eigenvalue weighted by atomic mass is 16.7. The molecule has 6 aliphatic rings. The summed E-state index contributed by atoms with van der Waals surface area (Å²) in [6.45, 7) is 10.7. The Morgan fingerprint density at radius 2 is 1.71 bits per heavy atom. The van der Waals surface area contributed by atoms with Crippen molar-refractivity contribution in [2.75, 3.05) is 6.61 Å². The zero-order valence-electron chi connectivity index (χ0n) is 20.9. The standard InChI is InChI=1S/C27H40O8/c1-12-5-8-26(34-11-12)13(2)19-17(35-26)10-16-14-9-18(28)27(33)23(32)21(30)20(29)22(31)25(27,4)15(14)6-7-24(16,19)3/h13-17,19-23,29-33H,1,5-11H2,2-4H3/t13-,14+,15-,16-,17-,19-,20+,21-,22+,23-,24-,25-,26+,27-/m0/s1. The van der Waals surface area contributed by atoms with Gasteiger partial charge in [0.15, 0.2) is 17.2 Å². The molecule has 6 rings (SSSR count). The minimum Gasteiger partial charge on any atom is -0.390 e. The summed E-state index contributed by atoms with van der Waals surface area (Å²) >= 11 is 0. The first-order valence-electron chi connectivity index (χ1n) is 13.3. The van der Waals surface area contributed by atoms with Crippen molar-refractivity contribution in [1.29, 1.82) is 0 Å². The lowest BCUT2D eigenvalue weighted by Gasteiger charge is -2.65. The number of aliphatic hydroxyl groups excluding tert-OH is 4. The van der Waals surface area contributed by atoms with Crippen molar-refractivity contribution in [1.82, 2.24) is 0 Å². The molecule has 0 aromatic heterocycles. The number of hydrogen-bond donors (Lipinski definition) is 5. The van der Waals surface area contributed by atoms with Gasteiger partial charge in [0.2, 0.25) is 0 Å². The Hall–Kier alpha value is -0.870. The summed E-state index contributed by atoms with van der Waals surface area (Å²) < 4.78 is 13.0. The molecule has 4 aliphatic carbocycles. The molecular formula is C27H40O8. The van der Waals surface area contributed by atoms with Crippen molar-refractivity contribution < 1.29 is 39.8 Å². The lowest BCUT2D eigenvalue weighted by atomic mass is 9.41. The number of carbonyl (C=O) groups excluding carboxylic acids is 1. The number of ether oxygens (including phenoxy) is 2. The molecule has 6 fully saturated rings. The maximum Gasteiger partial charge on any atom is 0.172 e. The van der Waals surface area contributed by atoms with Gasteiger partial charge in [0.1, 0.15) is 18.3 Å². The molecule has 0 aromatic rings. The van der Waals surface area contributed by atoms with E-state index in [0.29, 0.717) is 13.0 Å². The van der Waals surface area contributed by atoms with Gasteiger partial charge in [0, 0.05) is 24.2 Å². The molecule has 8 heteroatoms. The highest BCUT2D eigenvalue weighted by molar-refractivity contribution is 5.90. The van der Waals surface area contributed by atoms with Crippen LogP contribution in [0.5, 0.6) is 0 Å². The zero-order valence-corrected chi connectivity index (χ0v) is 20.9. The first kappa shape index (κ1) is 24.5. The summed E-state index contributed by atoms with van der Waals surface area (Å²) in [5.74, 6) is -0.920. The maximum atomic E-state index is 13.5. The van der Waals surface area contributed by atoms with Gasteiger partial charge in [0.25, 0.3) is 0 Å². The van der Waals surface area contributed by atoms with Gasteiger partial charge < -0.3 is 35.0 Å². The molecule has 0 radical (unpaired) electrons. The quantitative estimate of drug-likeness (QED) is 0.315. The van der Waals surface area contributed by atoms with Gasteiger partial charge in [-0.1, -0.05) is 32.9 Å². The van der Waals surface area contributed by atoms with Crippen LogP contribution in [0, 0.1) is 40.4 Å². The maximum absolute atomic E-state index is 13.5. The molecule has 1 spiro atoms. The van der Waals surface area contributed by atoms with E-state index in [-0.39, 0.29) is 47.5 Å². The molecule has 2 saturated heterocycles. The van der Waals surface area contributed by atoms with E-state index in [1.54, 1.807) is 6.92 Å². The molecule has 196 valence electrons. The van der Waals surface area contributed by atoms with Gasteiger partial charge in [-0.15, -0.1) is 0 Å². The summed E-state index contributed by atoms with van der Waals surface area (Å²) in [6, 6.07) is 0. The molecule has 4 saturated carbocycles. The average Bonchev–Trinajstić information content (AvgIpc) is 3.27. The predicted octanol–water partition coefficient (Wildman–Crippen LogP) is 0.920. The summed E-state index contributed by atoms with van der Waals surface area (Å²) in [5.41, 5.74) is -2.77. The normalized spacial score (nSPS) is 61.8. The Labute approximate surface area is 206 Å². The fourth-order valence-electron chi connectivity index (χ4n) is 10.0. The van der Waals surface area contributed by atoms with Gasteiger partial charge in [-0.05, 0) is 54.8 Å². The number of fused-ring (bicyclic) bond motifs is 7. The second kappa shape index (κ2) is 7.37. The third-order valence-electron chi connectivity index (χ3n) is 11.9. The molecule has 14 atom stereocenters. The van der Waals surface area contributed by atoms with E-state index in [9.17, 15) is 30.3 Å². The topological polar surface area (TPSA) is 137 Å². The molecule has 8 nitrogen and oxygen atoms in total. The van der Waals surface area contributed by atoms with E-state index in [4.69, 9.17) is 9.47 Å². The minimum atomic E-state index is -2.30. The van der Waals surface area contributed by atoms with Crippen molar-refractivity contribution in [2.24, 2.45) is 40.4 Å². The molecule has 2 heterocycles. The van der Waals surface area contributed by atoms with Crippen LogP contribution in [0.4, 0.5) is 0 Å². The van der Waals surface area contributed by atoms with Crippen molar-refractivity contribution >= 4 is 5.78 Å². The Kier molecular flexibility index (Phi) is 5.15. The molecule has 0 unspecified atom stereocenters. The predicted molar refractivity (Wildman–Crippen MR) is 124 cm³/mol. The van der Waals surface area contributed by atoms with E-state index < -0.39 is 47.0 Å². The molecule has 2 aliphatic heterocycles. The summed E-state index contributed by atoms with van der Waals surface area (Å²) in [4.78, 5) is 13.5. The van der Waals surface area contributed by atoms with Gasteiger partial charge >= 0.3 is 0 Å². The molecular weight excluding hydrogens is 452 g/mol. The monoisotopic (exact) mass is 492 g/mol. The van der Waals surface area contributed by atoms with Gasteiger partial charge in [0.05, 0.1) is 18.8 Å². The highest BCUT2D eigenvalue weighted by Gasteiger charge is 2.76. The molecule has 35 heavy (non-hydrogen) atoms. The summed E-state index contributed by atoms with van der Waals surface area (Å²) in [7, 11) is 0. The third-order valence-corrected chi connectivity index (χ3v) is 11.9. The first-order valence-corrected chi connectivity index (χ1v) is 13.3. The second-order valence-electron chi connectivity index (χ2n) is 13.0. The van der Waals surface area contributed by atoms with Gasteiger partial charge in [-0.25, -0.2) is 0 Å². The third kappa shape index (κ3) is 2.70. The van der Waals surface area contributed by atoms with Crippen molar-refractivity contribution in [3.63, 3.8) is 0 Å². The lowest BCUT2D eigenvalue weighted by Crippen LogP contribution is -2.80. The zero-order chi connectivity index (χ0) is 25.3. The minimum absolute atomic E-state index is 0.0168. The van der Waals surface area contributed by atoms with Crippen LogP contribution in [0.2, 0.25) is 0 Å². The number of hydrogen-bond acceptors (Lipinski definition) is 8. The van der Waals surface area contributed by atoms with Crippen LogP contribution in [0.3, 0.4) is 0 Å². The fraction of sp³-hybridized carbons (Fsp3) is 0.889. The number of aliphatic hydroxyl groups is 5. The van der Waals surface area contributed by atoms with E-state index >= 15 is 0 Å². The van der Waals surface area contributed by atoms with Crippen LogP contribution in [0.1, 0.15) is 59.3 Å². The van der Waals surface area contributed by atoms with Crippen LogP contribution >= 0.6 is 0 Å². The summed E-state index contributed by atoms with van der Waals surface area (Å²) in [6.07, 6.45) is -2.75. The Bertz CT molecular complexity index is 941. The van der Waals surface area contributed by atoms with Crippen molar-refractivity contribution in [3.05, 3.63) is 12.2 Å². The van der Waals surface area contributed by atoms with Crippen LogP contribution in [0.25, 0.3) is 0 Å². The largest absolute Gasteiger partial charge is 0.390 e. The molecule has 0 aromatic carbocycles. The average molecular weight is 493 g/mol. The summed E-state index contributed by atoms with van der Waals surface area (Å²) in [5, 5.41) is 54.4. The number of Topliss-reactive ketones (excluding diaryl/α,β-unsaturated/α-hetero) is 1. The fourth-order valence-corrected chi connectivity index (χ4v) is 10.0. The number of carbonyl (C=O) groups is 1. The van der Waals surface area contributed by atoms with Crippen LogP contribution in [0.15, 0.2) is 12.2 Å². The van der Waals surface area contributed by atoms with E-state index in [0.717, 1.165) is 31.3 Å². The van der Waals surface area contributed by atoms with Crippen LogP contribution in [-0.2, 0) is 14.3 Å². The lowest BCUT2D eigenvalue weighted by molar-refractivity contribution is -0.306. The van der Waals surface area contributed by atoms with E-state index in [1.807, 2.05) is 0 Å². The van der Waals surface area contributed by atoms with Gasteiger partial charge in [-0.3, -0.25) is 4.79 Å². The van der Waals surface area contributed by atoms with Crippen molar-refractivity contribution in [2.45, 2.75) is 101 Å². The van der Waals surface area contributed by atoms with Crippen molar-refractivity contribution in [3.8, 4) is 0 Å². The smallest absolute Gasteiger partial charge is 0.172 e. The SMILES string of the molecule is C=C1CC[C@@]2(OC1)O[C@H]1C[C@H]3[C@@H]4CC(=O)[C@]5(O)[C@@H](O)[C@@H](O)[C@@H](O)[C@@H](O)[C@]5(C)[C@H]4CC[C@]3(C)[C@H]1[C@@H]2C. The van der Waals surface area contributed by atoms with E-state index in [2.05, 4.69) is 20.4 Å². The Balaban J connectivity index is 1.34. The van der Waals surface area contributed by atoms with Gasteiger partial charge in [-0.2, -0.15) is 0 Å². The van der Waals surface area contributed by atoms with E-state index in [1.165, 1.54) is 0 Å². The van der Waals surface area contributed by atoms with Crippen LogP contribution in [-0.4, -0.2) is 79.8 Å². The number of rotatable bonds is 0. The highest BCUT2D eigenvalue weighted by Crippen LogP contribution is 2.71. The first-order chi connectivity index (χ1) is 16.3. The Morgan fingerprint density at radius 3 is 2.37 bits per heavy atom. The molecule has 0 amide bonds. The molecule has 5 N–H and O–H groups in total. The molecule has 0 bridgehead atoms.